The lowest BCUT2D eigenvalue weighted by Crippen LogP contribution is -2.17. The molecule has 1 N–H and O–H groups in total. The van der Waals surface area contributed by atoms with Gasteiger partial charge in [0.1, 0.15) is 0 Å². The van der Waals surface area contributed by atoms with Crippen molar-refractivity contribution in [3.05, 3.63) is 30.9 Å². The van der Waals surface area contributed by atoms with E-state index in [2.05, 4.69) is 35.3 Å². The summed E-state index contributed by atoms with van der Waals surface area (Å²) in [4.78, 5) is 4.15. The highest BCUT2D eigenvalue weighted by atomic mass is 15.1. The number of imidazole rings is 1. The Morgan fingerprint density at radius 2 is 2.43 bits per heavy atom. The van der Waals surface area contributed by atoms with Crippen molar-refractivity contribution in [3.8, 4) is 0 Å². The lowest BCUT2D eigenvalue weighted by molar-refractivity contribution is 0.552. The second kappa shape index (κ2) is 5.60. The summed E-state index contributed by atoms with van der Waals surface area (Å²) >= 11 is 0. The Hall–Kier alpha value is -1.09. The molecule has 0 aromatic carbocycles. The van der Waals surface area contributed by atoms with E-state index in [-0.39, 0.29) is 0 Å². The smallest absolute Gasteiger partial charge is 0.0951 e. The van der Waals surface area contributed by atoms with Crippen molar-refractivity contribution in [3.63, 3.8) is 0 Å². The Morgan fingerprint density at radius 3 is 3.07 bits per heavy atom. The van der Waals surface area contributed by atoms with E-state index in [0.29, 0.717) is 6.04 Å². The van der Waals surface area contributed by atoms with E-state index < -0.39 is 0 Å². The molecule has 0 radical (unpaired) electrons. The van der Waals surface area contributed by atoms with E-state index in [1.807, 2.05) is 18.6 Å². The fraction of sp³-hybridized carbons (Fsp3) is 0.545. The normalized spacial score (nSPS) is 10.8. The summed E-state index contributed by atoms with van der Waals surface area (Å²) in [6.07, 6.45) is 6.73. The number of nitrogens with one attached hydrogen (secondary N) is 1. The van der Waals surface area contributed by atoms with Gasteiger partial charge in [-0.05, 0) is 26.8 Å². The van der Waals surface area contributed by atoms with E-state index in [0.717, 1.165) is 19.5 Å². The molecule has 0 atom stereocenters. The van der Waals surface area contributed by atoms with Gasteiger partial charge in [-0.25, -0.2) is 4.98 Å². The number of nitrogens with zero attached hydrogens (tertiary/aromatic N) is 2. The average Bonchev–Trinajstić information content (AvgIpc) is 2.60. The average molecular weight is 193 g/mol. The van der Waals surface area contributed by atoms with Gasteiger partial charge >= 0.3 is 0 Å². The van der Waals surface area contributed by atoms with Crippen LogP contribution in [0.2, 0.25) is 0 Å². The Balaban J connectivity index is 2.41. The molecule has 3 heteroatoms. The van der Waals surface area contributed by atoms with Crippen molar-refractivity contribution in [2.75, 3.05) is 6.54 Å². The first-order chi connectivity index (χ1) is 6.75. The molecule has 0 fully saturated rings. The van der Waals surface area contributed by atoms with Gasteiger partial charge < -0.3 is 9.88 Å². The third-order valence-electron chi connectivity index (χ3n) is 2.13. The van der Waals surface area contributed by atoms with Crippen molar-refractivity contribution in [2.45, 2.75) is 32.9 Å². The maximum Gasteiger partial charge on any atom is 0.0951 e. The van der Waals surface area contributed by atoms with E-state index in [1.54, 1.807) is 0 Å². The second-order valence-corrected chi connectivity index (χ2v) is 3.64. The van der Waals surface area contributed by atoms with Crippen molar-refractivity contribution in [1.82, 2.24) is 14.9 Å². The van der Waals surface area contributed by atoms with Crippen LogP contribution in [0.25, 0.3) is 0 Å². The quantitative estimate of drug-likeness (QED) is 0.554. The van der Waals surface area contributed by atoms with Gasteiger partial charge in [0.05, 0.1) is 12.0 Å². The summed E-state index contributed by atoms with van der Waals surface area (Å²) in [7, 11) is 0. The molecule has 1 rings (SSSR count). The zero-order chi connectivity index (χ0) is 10.4. The first-order valence-corrected chi connectivity index (χ1v) is 5.08. The van der Waals surface area contributed by atoms with Crippen LogP contribution in [0, 0.1) is 0 Å². The summed E-state index contributed by atoms with van der Waals surface area (Å²) in [5.74, 6) is 0. The maximum absolute atomic E-state index is 4.15. The molecule has 0 spiro atoms. The van der Waals surface area contributed by atoms with Crippen molar-refractivity contribution >= 4 is 0 Å². The van der Waals surface area contributed by atoms with Crippen LogP contribution in [0.1, 0.15) is 32.0 Å². The van der Waals surface area contributed by atoms with Crippen LogP contribution in [0.4, 0.5) is 0 Å². The summed E-state index contributed by atoms with van der Waals surface area (Å²) in [6.45, 7) is 9.87. The highest BCUT2D eigenvalue weighted by molar-refractivity contribution is 4.99. The molecular weight excluding hydrogens is 174 g/mol. The van der Waals surface area contributed by atoms with Crippen molar-refractivity contribution in [1.29, 1.82) is 0 Å². The van der Waals surface area contributed by atoms with Gasteiger partial charge in [0.25, 0.3) is 0 Å². The first kappa shape index (κ1) is 11.0. The zero-order valence-corrected chi connectivity index (χ0v) is 9.03. The van der Waals surface area contributed by atoms with Crippen LogP contribution in [0.5, 0.6) is 0 Å². The van der Waals surface area contributed by atoms with E-state index >= 15 is 0 Å². The van der Waals surface area contributed by atoms with Crippen LogP contribution in [-0.2, 0) is 6.54 Å². The molecule has 0 aliphatic heterocycles. The van der Waals surface area contributed by atoms with Crippen molar-refractivity contribution in [2.24, 2.45) is 0 Å². The lowest BCUT2D eigenvalue weighted by Gasteiger charge is -2.11. The van der Waals surface area contributed by atoms with Crippen LogP contribution in [-0.4, -0.2) is 16.1 Å². The van der Waals surface area contributed by atoms with Gasteiger partial charge in [-0.1, -0.05) is 6.08 Å². The van der Waals surface area contributed by atoms with Gasteiger partial charge in [-0.3, -0.25) is 0 Å². The monoisotopic (exact) mass is 193 g/mol. The third kappa shape index (κ3) is 3.00. The minimum atomic E-state index is 0.480. The molecule has 78 valence electrons. The predicted molar refractivity (Wildman–Crippen MR) is 59.1 cm³/mol. The minimum Gasteiger partial charge on any atom is -0.331 e. The van der Waals surface area contributed by atoms with Crippen LogP contribution >= 0.6 is 0 Å². The standard InChI is InChI=1S/C11H19N3/c1-4-5-6-12-7-11-8-13-9-14(11)10(2)3/h4,8-10,12H,1,5-7H2,2-3H3. The fourth-order valence-electron chi connectivity index (χ4n) is 1.35. The lowest BCUT2D eigenvalue weighted by atomic mass is 10.3. The molecule has 14 heavy (non-hydrogen) atoms. The molecule has 0 bridgehead atoms. The van der Waals surface area contributed by atoms with E-state index in [4.69, 9.17) is 0 Å². The highest BCUT2D eigenvalue weighted by Crippen LogP contribution is 2.08. The van der Waals surface area contributed by atoms with Gasteiger partial charge in [-0.15, -0.1) is 6.58 Å². The van der Waals surface area contributed by atoms with Crippen LogP contribution in [0.15, 0.2) is 25.2 Å². The van der Waals surface area contributed by atoms with E-state index in [1.165, 1.54) is 5.69 Å². The molecule has 0 saturated carbocycles. The Kier molecular flexibility index (Phi) is 4.40. The number of hydrogen-bond donors (Lipinski definition) is 1. The topological polar surface area (TPSA) is 29.9 Å². The summed E-state index contributed by atoms with van der Waals surface area (Å²) in [5, 5.41) is 3.35. The summed E-state index contributed by atoms with van der Waals surface area (Å²) in [5.41, 5.74) is 1.24. The van der Waals surface area contributed by atoms with Gasteiger partial charge in [0.15, 0.2) is 0 Å². The minimum absolute atomic E-state index is 0.480. The molecule has 1 heterocycles. The maximum atomic E-state index is 4.15. The second-order valence-electron chi connectivity index (χ2n) is 3.64. The van der Waals surface area contributed by atoms with Crippen LogP contribution < -0.4 is 5.32 Å². The molecule has 0 aliphatic carbocycles. The summed E-state index contributed by atoms with van der Waals surface area (Å²) in [6, 6.07) is 0.480. The Labute approximate surface area is 85.8 Å². The highest BCUT2D eigenvalue weighted by Gasteiger charge is 2.03. The van der Waals surface area contributed by atoms with E-state index in [9.17, 15) is 0 Å². The fourth-order valence-corrected chi connectivity index (χ4v) is 1.35. The predicted octanol–water partition coefficient (Wildman–Crippen LogP) is 2.13. The van der Waals surface area contributed by atoms with Gasteiger partial charge in [0, 0.05) is 18.8 Å². The molecular formula is C11H19N3. The van der Waals surface area contributed by atoms with Gasteiger partial charge in [0.2, 0.25) is 0 Å². The summed E-state index contributed by atoms with van der Waals surface area (Å²) < 4.78 is 2.18. The SMILES string of the molecule is C=CCCNCc1cncn1C(C)C. The molecule has 0 aliphatic rings. The number of aromatic nitrogens is 2. The Morgan fingerprint density at radius 1 is 1.64 bits per heavy atom. The molecule has 0 amide bonds. The number of rotatable bonds is 6. The molecule has 1 aromatic rings. The Bertz CT molecular complexity index is 276. The molecule has 1 aromatic heterocycles. The molecule has 3 nitrogen and oxygen atoms in total. The van der Waals surface area contributed by atoms with Crippen LogP contribution in [0.3, 0.4) is 0 Å². The molecule has 0 saturated heterocycles. The molecule has 0 unspecified atom stereocenters. The number of hydrogen-bond acceptors (Lipinski definition) is 2. The third-order valence-corrected chi connectivity index (χ3v) is 2.13. The first-order valence-electron chi connectivity index (χ1n) is 5.08. The largest absolute Gasteiger partial charge is 0.331 e. The zero-order valence-electron chi connectivity index (χ0n) is 9.03. The van der Waals surface area contributed by atoms with Crippen molar-refractivity contribution < 1.29 is 0 Å². The van der Waals surface area contributed by atoms with Gasteiger partial charge in [-0.2, -0.15) is 0 Å².